The number of carbonyl (C=O) groups excluding carboxylic acids is 1. The average Bonchev–Trinajstić information content (AvgIpc) is 2.60. The lowest BCUT2D eigenvalue weighted by atomic mass is 10.0. The van der Waals surface area contributed by atoms with Crippen molar-refractivity contribution in [3.8, 4) is 5.75 Å². The summed E-state index contributed by atoms with van der Waals surface area (Å²) < 4.78 is 12.4. The summed E-state index contributed by atoms with van der Waals surface area (Å²) in [6.45, 7) is 5.60. The van der Waals surface area contributed by atoms with Gasteiger partial charge < -0.3 is 9.15 Å². The number of benzene rings is 2. The molecule has 0 radical (unpaired) electrons. The van der Waals surface area contributed by atoms with Crippen LogP contribution in [0.5, 0.6) is 5.75 Å². The Labute approximate surface area is 159 Å². The molecule has 26 heavy (non-hydrogen) atoms. The van der Waals surface area contributed by atoms with Gasteiger partial charge in [0.05, 0.1) is 0 Å². The molecular formula is C21H19BrO4. The van der Waals surface area contributed by atoms with Crippen molar-refractivity contribution in [3.63, 3.8) is 0 Å². The van der Waals surface area contributed by atoms with E-state index in [1.165, 1.54) is 6.92 Å². The molecule has 1 aromatic heterocycles. The molecule has 134 valence electrons. The van der Waals surface area contributed by atoms with Crippen molar-refractivity contribution in [1.82, 2.24) is 0 Å². The Kier molecular flexibility index (Phi) is 5.28. The molecule has 0 amide bonds. The second-order valence-corrected chi connectivity index (χ2v) is 7.27. The summed E-state index contributed by atoms with van der Waals surface area (Å²) in [5.41, 5.74) is 3.07. The minimum atomic E-state index is -0.460. The van der Waals surface area contributed by atoms with Crippen LogP contribution in [0.25, 0.3) is 11.0 Å². The summed E-state index contributed by atoms with van der Waals surface area (Å²) in [4.78, 5) is 23.7. The van der Waals surface area contributed by atoms with Gasteiger partial charge >= 0.3 is 5.63 Å². The first kappa shape index (κ1) is 18.4. The third-order valence-electron chi connectivity index (χ3n) is 4.39. The number of carbonyl (C=O) groups is 1. The van der Waals surface area contributed by atoms with Gasteiger partial charge in [-0.1, -0.05) is 28.1 Å². The van der Waals surface area contributed by atoms with Gasteiger partial charge in [0.25, 0.3) is 0 Å². The van der Waals surface area contributed by atoms with E-state index >= 15 is 0 Å². The lowest BCUT2D eigenvalue weighted by molar-refractivity contribution is -0.116. The van der Waals surface area contributed by atoms with E-state index in [0.29, 0.717) is 23.5 Å². The van der Waals surface area contributed by atoms with E-state index in [1.807, 2.05) is 50.2 Å². The van der Waals surface area contributed by atoms with Gasteiger partial charge in [0.15, 0.2) is 0 Å². The number of hydrogen-bond donors (Lipinski definition) is 0. The van der Waals surface area contributed by atoms with E-state index < -0.39 is 5.63 Å². The normalized spacial score (nSPS) is 10.9. The molecule has 0 saturated heterocycles. The quantitative estimate of drug-likeness (QED) is 0.558. The Morgan fingerprint density at radius 2 is 1.77 bits per heavy atom. The number of ether oxygens (including phenoxy) is 1. The molecule has 0 saturated carbocycles. The first-order chi connectivity index (χ1) is 12.4. The SMILES string of the molecule is CC(=O)Cc1c(C)c2ccc(OCc3ccc(Br)cc3)c(C)c2oc1=O. The molecule has 0 spiro atoms. The van der Waals surface area contributed by atoms with E-state index in [9.17, 15) is 9.59 Å². The molecule has 0 aliphatic carbocycles. The van der Waals surface area contributed by atoms with Crippen LogP contribution in [-0.4, -0.2) is 5.78 Å². The first-order valence-corrected chi connectivity index (χ1v) is 9.08. The molecular weight excluding hydrogens is 396 g/mol. The number of fused-ring (bicyclic) bond motifs is 1. The highest BCUT2D eigenvalue weighted by Crippen LogP contribution is 2.30. The summed E-state index contributed by atoms with van der Waals surface area (Å²) in [7, 11) is 0. The molecule has 0 fully saturated rings. The molecule has 5 heteroatoms. The zero-order valence-corrected chi connectivity index (χ0v) is 16.5. The van der Waals surface area contributed by atoms with Crippen molar-refractivity contribution >= 4 is 32.7 Å². The summed E-state index contributed by atoms with van der Waals surface area (Å²) in [5.74, 6) is 0.605. The van der Waals surface area contributed by atoms with E-state index in [4.69, 9.17) is 9.15 Å². The molecule has 0 N–H and O–H groups in total. The van der Waals surface area contributed by atoms with Gasteiger partial charge in [0, 0.05) is 27.4 Å². The predicted molar refractivity (Wildman–Crippen MR) is 105 cm³/mol. The Hall–Kier alpha value is -2.40. The Morgan fingerprint density at radius 3 is 2.42 bits per heavy atom. The largest absolute Gasteiger partial charge is 0.488 e. The van der Waals surface area contributed by atoms with E-state index in [1.54, 1.807) is 0 Å². The Balaban J connectivity index is 1.96. The van der Waals surface area contributed by atoms with Crippen LogP contribution in [0.4, 0.5) is 0 Å². The van der Waals surface area contributed by atoms with Crippen LogP contribution >= 0.6 is 15.9 Å². The van der Waals surface area contributed by atoms with Crippen LogP contribution in [-0.2, 0) is 17.8 Å². The fraction of sp³-hybridized carbons (Fsp3) is 0.238. The molecule has 1 heterocycles. The van der Waals surface area contributed by atoms with Crippen LogP contribution in [0, 0.1) is 13.8 Å². The maximum absolute atomic E-state index is 12.3. The van der Waals surface area contributed by atoms with Crippen LogP contribution < -0.4 is 10.4 Å². The van der Waals surface area contributed by atoms with Gasteiger partial charge in [-0.3, -0.25) is 4.79 Å². The van der Waals surface area contributed by atoms with Gasteiger partial charge in [-0.15, -0.1) is 0 Å². The number of ketones is 1. The second kappa shape index (κ2) is 7.46. The highest BCUT2D eigenvalue weighted by Gasteiger charge is 2.16. The molecule has 4 nitrogen and oxygen atoms in total. The fourth-order valence-corrected chi connectivity index (χ4v) is 3.19. The maximum atomic E-state index is 12.3. The second-order valence-electron chi connectivity index (χ2n) is 6.35. The minimum absolute atomic E-state index is 0.0640. The van der Waals surface area contributed by atoms with Gasteiger partial charge in [-0.25, -0.2) is 4.79 Å². The predicted octanol–water partition coefficient (Wildman–Crippen LogP) is 4.88. The van der Waals surface area contributed by atoms with Crippen molar-refractivity contribution in [2.75, 3.05) is 0 Å². The molecule has 0 unspecified atom stereocenters. The lowest BCUT2D eigenvalue weighted by Gasteiger charge is -2.13. The highest BCUT2D eigenvalue weighted by atomic mass is 79.9. The van der Waals surface area contributed by atoms with Gasteiger partial charge in [-0.05, 0) is 56.2 Å². The molecule has 0 atom stereocenters. The number of hydrogen-bond acceptors (Lipinski definition) is 4. The average molecular weight is 415 g/mol. The van der Waals surface area contributed by atoms with Gasteiger partial charge in [-0.2, -0.15) is 0 Å². The van der Waals surface area contributed by atoms with Gasteiger partial charge in [0.1, 0.15) is 23.7 Å². The number of aryl methyl sites for hydroxylation is 2. The summed E-state index contributed by atoms with van der Waals surface area (Å²) in [6.07, 6.45) is 0.0883. The minimum Gasteiger partial charge on any atom is -0.488 e. The zero-order chi connectivity index (χ0) is 18.8. The van der Waals surface area contributed by atoms with Crippen LogP contribution in [0.15, 0.2) is 50.1 Å². The Morgan fingerprint density at radius 1 is 1.08 bits per heavy atom. The number of halogens is 1. The number of rotatable bonds is 5. The first-order valence-electron chi connectivity index (χ1n) is 8.29. The van der Waals surface area contributed by atoms with E-state index in [-0.39, 0.29) is 12.2 Å². The molecule has 3 aromatic rings. The van der Waals surface area contributed by atoms with Crippen LogP contribution in [0.1, 0.15) is 29.2 Å². The Bertz CT molecular complexity index is 1030. The lowest BCUT2D eigenvalue weighted by Crippen LogP contribution is -2.14. The highest BCUT2D eigenvalue weighted by molar-refractivity contribution is 9.10. The van der Waals surface area contributed by atoms with Crippen molar-refractivity contribution in [2.45, 2.75) is 33.8 Å². The topological polar surface area (TPSA) is 56.5 Å². The van der Waals surface area contributed by atoms with Gasteiger partial charge in [0.2, 0.25) is 0 Å². The fourth-order valence-electron chi connectivity index (χ4n) is 2.92. The van der Waals surface area contributed by atoms with Crippen LogP contribution in [0.2, 0.25) is 0 Å². The van der Waals surface area contributed by atoms with E-state index in [0.717, 1.165) is 26.5 Å². The monoisotopic (exact) mass is 414 g/mol. The van der Waals surface area contributed by atoms with Crippen molar-refractivity contribution in [3.05, 3.63) is 73.5 Å². The zero-order valence-electron chi connectivity index (χ0n) is 14.9. The summed E-state index contributed by atoms with van der Waals surface area (Å²) in [6, 6.07) is 11.6. The third kappa shape index (κ3) is 3.73. The molecule has 3 rings (SSSR count). The van der Waals surface area contributed by atoms with Crippen molar-refractivity contribution < 1.29 is 13.9 Å². The van der Waals surface area contributed by atoms with Crippen molar-refractivity contribution in [1.29, 1.82) is 0 Å². The molecule has 0 aliphatic rings. The molecule has 2 aromatic carbocycles. The maximum Gasteiger partial charge on any atom is 0.340 e. The van der Waals surface area contributed by atoms with Crippen molar-refractivity contribution in [2.24, 2.45) is 0 Å². The molecule has 0 bridgehead atoms. The number of Topliss-reactive ketones (excluding diaryl/α,β-unsaturated/α-hetero) is 1. The van der Waals surface area contributed by atoms with Crippen LogP contribution in [0.3, 0.4) is 0 Å². The standard InChI is InChI=1S/C21H19BrO4/c1-12(23)10-18-13(2)17-8-9-19(14(3)20(17)26-21(18)24)25-11-15-4-6-16(22)7-5-15/h4-9H,10-11H2,1-3H3. The third-order valence-corrected chi connectivity index (χ3v) is 4.92. The molecule has 0 aliphatic heterocycles. The summed E-state index contributed by atoms with van der Waals surface area (Å²) in [5, 5.41) is 0.828. The smallest absolute Gasteiger partial charge is 0.340 e. The summed E-state index contributed by atoms with van der Waals surface area (Å²) >= 11 is 3.41. The van der Waals surface area contributed by atoms with E-state index in [2.05, 4.69) is 15.9 Å².